The Morgan fingerprint density at radius 2 is 2.15 bits per heavy atom. The normalized spacial score (nSPS) is 11.2. The average molecular weight is 369 g/mol. The Bertz CT molecular complexity index is 1080. The second kappa shape index (κ2) is 6.72. The molecule has 26 heavy (non-hydrogen) atoms. The number of ketones is 1. The number of aromatic nitrogens is 4. The molecule has 0 unspecified atom stereocenters. The number of aromatic amines is 1. The number of benzene rings is 1. The predicted octanol–water partition coefficient (Wildman–Crippen LogP) is 4.33. The van der Waals surface area contributed by atoms with Crippen LogP contribution < -0.4 is 0 Å². The number of rotatable bonds is 5. The molecule has 5 nitrogen and oxygen atoms in total. The molecule has 3 aromatic heterocycles. The summed E-state index contributed by atoms with van der Waals surface area (Å²) in [6.07, 6.45) is 5.43. The number of carbonyl (C=O) groups is 1. The third kappa shape index (κ3) is 2.99. The first-order valence-electron chi connectivity index (χ1n) is 8.07. The summed E-state index contributed by atoms with van der Waals surface area (Å²) in [7, 11) is 0. The van der Waals surface area contributed by atoms with Crippen LogP contribution in [0.15, 0.2) is 55.0 Å². The molecule has 0 aliphatic rings. The summed E-state index contributed by atoms with van der Waals surface area (Å²) in [6, 6.07) is 9.93. The molecule has 130 valence electrons. The Morgan fingerprint density at radius 3 is 3.00 bits per heavy atom. The fraction of sp³-hybridized carbons (Fsp3) is 0.105. The molecule has 0 amide bonds. The van der Waals surface area contributed by atoms with Gasteiger partial charge in [-0.2, -0.15) is 5.10 Å². The Morgan fingerprint density at radius 1 is 1.27 bits per heavy atom. The van der Waals surface area contributed by atoms with E-state index in [9.17, 15) is 9.18 Å². The van der Waals surface area contributed by atoms with E-state index in [1.807, 2.05) is 12.1 Å². The summed E-state index contributed by atoms with van der Waals surface area (Å²) < 4.78 is 15.5. The number of hydrogen-bond acceptors (Lipinski definition) is 3. The first-order valence-corrected chi connectivity index (χ1v) is 8.45. The third-order valence-electron chi connectivity index (χ3n) is 4.22. The van der Waals surface area contributed by atoms with E-state index in [-0.39, 0.29) is 18.6 Å². The molecule has 0 bridgehead atoms. The highest BCUT2D eigenvalue weighted by molar-refractivity contribution is 6.31. The van der Waals surface area contributed by atoms with Crippen molar-refractivity contribution < 1.29 is 9.18 Å². The smallest absolute Gasteiger partial charge is 0.164 e. The number of carbonyl (C=O) groups excluding carboxylic acids is 1. The van der Waals surface area contributed by atoms with Gasteiger partial charge in [-0.25, -0.2) is 13.9 Å². The van der Waals surface area contributed by atoms with E-state index in [2.05, 4.69) is 15.1 Å². The van der Waals surface area contributed by atoms with Crippen molar-refractivity contribution in [3.63, 3.8) is 0 Å². The fourth-order valence-electron chi connectivity index (χ4n) is 2.87. The maximum absolute atomic E-state index is 13.8. The summed E-state index contributed by atoms with van der Waals surface area (Å²) in [6.45, 7) is 0. The van der Waals surface area contributed by atoms with Gasteiger partial charge >= 0.3 is 0 Å². The van der Waals surface area contributed by atoms with Crippen LogP contribution in [0.5, 0.6) is 0 Å². The summed E-state index contributed by atoms with van der Waals surface area (Å²) in [5.41, 5.74) is 3.11. The van der Waals surface area contributed by atoms with Gasteiger partial charge in [-0.3, -0.25) is 4.79 Å². The van der Waals surface area contributed by atoms with Crippen LogP contribution in [-0.2, 0) is 6.42 Å². The summed E-state index contributed by atoms with van der Waals surface area (Å²) in [5, 5.41) is 4.60. The number of nitrogens with zero attached hydrogens (tertiary/aromatic N) is 3. The lowest BCUT2D eigenvalue weighted by Gasteiger charge is -2.04. The Labute approximate surface area is 153 Å². The van der Waals surface area contributed by atoms with Crippen molar-refractivity contribution >= 4 is 23.0 Å². The van der Waals surface area contributed by atoms with Gasteiger partial charge in [0.15, 0.2) is 11.4 Å². The van der Waals surface area contributed by atoms with E-state index >= 15 is 0 Å². The SMILES string of the molecule is O=C(CCc1c(F)cccc1Cl)c1c[nH]c(-c2cnc3cccnn23)c1. The number of hydrogen-bond donors (Lipinski definition) is 1. The van der Waals surface area contributed by atoms with Crippen LogP contribution in [0.1, 0.15) is 22.3 Å². The molecule has 0 saturated carbocycles. The third-order valence-corrected chi connectivity index (χ3v) is 4.58. The highest BCUT2D eigenvalue weighted by Crippen LogP contribution is 2.23. The molecule has 0 saturated heterocycles. The van der Waals surface area contributed by atoms with E-state index in [0.717, 1.165) is 17.0 Å². The number of nitrogens with one attached hydrogen (secondary N) is 1. The van der Waals surface area contributed by atoms with Gasteiger partial charge in [-0.15, -0.1) is 0 Å². The van der Waals surface area contributed by atoms with Gasteiger partial charge < -0.3 is 4.98 Å². The van der Waals surface area contributed by atoms with Crippen molar-refractivity contribution in [2.75, 3.05) is 0 Å². The Hall–Kier alpha value is -2.99. The molecular weight excluding hydrogens is 355 g/mol. The van der Waals surface area contributed by atoms with Crippen LogP contribution in [-0.4, -0.2) is 25.4 Å². The lowest BCUT2D eigenvalue weighted by atomic mass is 10.0. The van der Waals surface area contributed by atoms with Crippen molar-refractivity contribution in [3.8, 4) is 11.4 Å². The van der Waals surface area contributed by atoms with Gasteiger partial charge in [0.1, 0.15) is 11.5 Å². The van der Waals surface area contributed by atoms with Crippen molar-refractivity contribution in [1.82, 2.24) is 19.6 Å². The molecule has 0 atom stereocenters. The molecule has 0 aliphatic carbocycles. The van der Waals surface area contributed by atoms with Crippen molar-refractivity contribution in [2.24, 2.45) is 0 Å². The maximum atomic E-state index is 13.8. The minimum atomic E-state index is -0.392. The zero-order valence-electron chi connectivity index (χ0n) is 13.6. The lowest BCUT2D eigenvalue weighted by Crippen LogP contribution is -2.01. The summed E-state index contributed by atoms with van der Waals surface area (Å²) >= 11 is 6.01. The molecule has 0 radical (unpaired) electrons. The van der Waals surface area contributed by atoms with E-state index < -0.39 is 5.82 Å². The monoisotopic (exact) mass is 368 g/mol. The zero-order chi connectivity index (χ0) is 18.1. The summed E-state index contributed by atoms with van der Waals surface area (Å²) in [5.74, 6) is -0.481. The van der Waals surface area contributed by atoms with Gasteiger partial charge in [-0.1, -0.05) is 17.7 Å². The number of H-pyrrole nitrogens is 1. The van der Waals surface area contributed by atoms with Gasteiger partial charge in [0.25, 0.3) is 0 Å². The van der Waals surface area contributed by atoms with Crippen molar-refractivity contribution in [1.29, 1.82) is 0 Å². The van der Waals surface area contributed by atoms with Crippen molar-refractivity contribution in [3.05, 3.63) is 77.0 Å². The van der Waals surface area contributed by atoms with Crippen LogP contribution in [0.4, 0.5) is 4.39 Å². The van der Waals surface area contributed by atoms with Gasteiger partial charge in [-0.05, 0) is 36.8 Å². The highest BCUT2D eigenvalue weighted by atomic mass is 35.5. The van der Waals surface area contributed by atoms with Crippen LogP contribution in [0.25, 0.3) is 17.0 Å². The van der Waals surface area contributed by atoms with Crippen LogP contribution in [0, 0.1) is 5.82 Å². The standard InChI is InChI=1S/C19H14ClFN4O/c20-14-3-1-4-15(21)13(14)6-7-18(26)12-9-16(22-10-12)17-11-23-19-5-2-8-24-25(17)19/h1-5,8-11,22H,6-7H2. The Balaban J connectivity index is 1.53. The molecule has 1 aromatic carbocycles. The van der Waals surface area contributed by atoms with E-state index in [1.54, 1.807) is 41.3 Å². The van der Waals surface area contributed by atoms with Gasteiger partial charge in [0, 0.05) is 35.0 Å². The zero-order valence-corrected chi connectivity index (χ0v) is 14.4. The molecule has 0 spiro atoms. The van der Waals surface area contributed by atoms with Crippen molar-refractivity contribution in [2.45, 2.75) is 12.8 Å². The van der Waals surface area contributed by atoms with Crippen LogP contribution in [0.2, 0.25) is 5.02 Å². The quantitative estimate of drug-likeness (QED) is 0.533. The number of fused-ring (bicyclic) bond motifs is 1. The minimum Gasteiger partial charge on any atom is -0.359 e. The van der Waals surface area contributed by atoms with Gasteiger partial charge in [0.05, 0.1) is 11.9 Å². The summed E-state index contributed by atoms with van der Waals surface area (Å²) in [4.78, 5) is 19.8. The average Bonchev–Trinajstić information content (AvgIpc) is 3.28. The van der Waals surface area contributed by atoms with Crippen LogP contribution >= 0.6 is 11.6 Å². The molecule has 7 heteroatoms. The van der Waals surface area contributed by atoms with E-state index in [1.165, 1.54) is 6.07 Å². The molecule has 1 N–H and O–H groups in total. The molecule has 0 aliphatic heterocycles. The van der Waals surface area contributed by atoms with E-state index in [0.29, 0.717) is 16.1 Å². The molecule has 4 rings (SSSR count). The number of imidazole rings is 1. The fourth-order valence-corrected chi connectivity index (χ4v) is 3.13. The topological polar surface area (TPSA) is 63.0 Å². The molecule has 0 fully saturated rings. The molecule has 3 heterocycles. The lowest BCUT2D eigenvalue weighted by molar-refractivity contribution is 0.0983. The van der Waals surface area contributed by atoms with Crippen LogP contribution in [0.3, 0.4) is 0 Å². The van der Waals surface area contributed by atoms with E-state index in [4.69, 9.17) is 11.6 Å². The second-order valence-electron chi connectivity index (χ2n) is 5.86. The van der Waals surface area contributed by atoms with Gasteiger partial charge in [0.2, 0.25) is 0 Å². The maximum Gasteiger partial charge on any atom is 0.164 e. The number of halogens is 2. The largest absolute Gasteiger partial charge is 0.359 e. The highest BCUT2D eigenvalue weighted by Gasteiger charge is 2.15. The number of Topliss-reactive ketones (excluding diaryl/α,β-unsaturated/α-hetero) is 1. The first-order chi connectivity index (χ1) is 12.6. The predicted molar refractivity (Wildman–Crippen MR) is 96.8 cm³/mol. The Kier molecular flexibility index (Phi) is 4.26. The molecule has 4 aromatic rings. The molecular formula is C19H14ClFN4O. The second-order valence-corrected chi connectivity index (χ2v) is 6.27. The first kappa shape index (κ1) is 16.5. The minimum absolute atomic E-state index is 0.0893.